The van der Waals surface area contributed by atoms with Crippen molar-refractivity contribution >= 4 is 17.9 Å². The Bertz CT molecular complexity index is 569. The molecule has 1 aromatic rings. The van der Waals surface area contributed by atoms with Crippen LogP contribution in [0.2, 0.25) is 0 Å². The van der Waals surface area contributed by atoms with E-state index in [4.69, 9.17) is 11.5 Å². The molecule has 0 saturated heterocycles. The first-order valence-corrected chi connectivity index (χ1v) is 6.43. The van der Waals surface area contributed by atoms with Crippen LogP contribution in [0.1, 0.15) is 30.0 Å². The predicted octanol–water partition coefficient (Wildman–Crippen LogP) is 1.76. The van der Waals surface area contributed by atoms with E-state index >= 15 is 0 Å². The van der Waals surface area contributed by atoms with Crippen LogP contribution < -0.4 is 11.5 Å². The Hall–Kier alpha value is -2.10. The number of carbonyl (C=O) groups is 1. The molecule has 1 unspecified atom stereocenters. The van der Waals surface area contributed by atoms with E-state index < -0.39 is 0 Å². The van der Waals surface area contributed by atoms with Crippen LogP contribution in [-0.2, 0) is 11.2 Å². The Morgan fingerprint density at radius 3 is 2.79 bits per heavy atom. The summed E-state index contributed by atoms with van der Waals surface area (Å²) in [6.45, 7) is 4.13. The number of benzene rings is 1. The van der Waals surface area contributed by atoms with Crippen LogP contribution >= 0.6 is 0 Å². The predicted molar refractivity (Wildman–Crippen MR) is 77.5 cm³/mol. The highest BCUT2D eigenvalue weighted by Gasteiger charge is 2.21. The minimum absolute atomic E-state index is 0.155. The van der Waals surface area contributed by atoms with Crippen LogP contribution in [0.5, 0.6) is 0 Å². The van der Waals surface area contributed by atoms with Crippen LogP contribution in [-0.4, -0.2) is 11.9 Å². The summed E-state index contributed by atoms with van der Waals surface area (Å²) in [6, 6.07) is 6.13. The molecule has 0 spiro atoms. The van der Waals surface area contributed by atoms with Crippen molar-refractivity contribution in [3.63, 3.8) is 0 Å². The first-order valence-electron chi connectivity index (χ1n) is 6.43. The monoisotopic (exact) mass is 257 g/mol. The van der Waals surface area contributed by atoms with Gasteiger partial charge in [-0.3, -0.25) is 4.79 Å². The first-order chi connectivity index (χ1) is 8.99. The lowest BCUT2D eigenvalue weighted by molar-refractivity contribution is -0.114. The number of hydrogen-bond acceptors (Lipinski definition) is 1. The van der Waals surface area contributed by atoms with E-state index in [1.165, 1.54) is 11.1 Å². The van der Waals surface area contributed by atoms with Crippen molar-refractivity contribution in [3.05, 3.63) is 40.5 Å². The summed E-state index contributed by atoms with van der Waals surface area (Å²) < 4.78 is 0. The number of fused-ring (bicyclic) bond motifs is 1. The number of aryl methyl sites for hydroxylation is 1. The van der Waals surface area contributed by atoms with Gasteiger partial charge in [-0.25, -0.2) is 0 Å². The summed E-state index contributed by atoms with van der Waals surface area (Å²) >= 11 is 0. The van der Waals surface area contributed by atoms with Gasteiger partial charge >= 0.3 is 0 Å². The average molecular weight is 257 g/mol. The highest BCUT2D eigenvalue weighted by molar-refractivity contribution is 6.04. The van der Waals surface area contributed by atoms with Gasteiger partial charge in [-0.15, -0.1) is 0 Å². The average Bonchev–Trinajstić information content (AvgIpc) is 2.49. The smallest absolute Gasteiger partial charge is 0.276 e. The van der Waals surface area contributed by atoms with Gasteiger partial charge in [0.2, 0.25) is 0 Å². The van der Waals surface area contributed by atoms with Gasteiger partial charge in [-0.05, 0) is 48.4 Å². The summed E-state index contributed by atoms with van der Waals surface area (Å²) in [5, 5.41) is 0. The maximum Gasteiger partial charge on any atom is 0.276 e. The Morgan fingerprint density at radius 1 is 1.37 bits per heavy atom. The van der Waals surface area contributed by atoms with Crippen molar-refractivity contribution < 1.29 is 4.79 Å². The Kier molecular flexibility index (Phi) is 3.69. The zero-order chi connectivity index (χ0) is 14.0. The van der Waals surface area contributed by atoms with Gasteiger partial charge in [0.15, 0.2) is 5.96 Å². The normalized spacial score (nSPS) is 18.0. The summed E-state index contributed by atoms with van der Waals surface area (Å²) in [4.78, 5) is 15.7. The molecule has 2 rings (SSSR count). The third kappa shape index (κ3) is 2.84. The van der Waals surface area contributed by atoms with Gasteiger partial charge in [0.05, 0.1) is 0 Å². The fourth-order valence-electron chi connectivity index (χ4n) is 2.48. The third-order valence-corrected chi connectivity index (χ3v) is 3.59. The molecule has 0 bridgehead atoms. The second-order valence-electron chi connectivity index (χ2n) is 5.02. The van der Waals surface area contributed by atoms with E-state index in [1.54, 1.807) is 0 Å². The molecule has 0 saturated carbocycles. The largest absolute Gasteiger partial charge is 0.370 e. The number of carbonyl (C=O) groups excluding carboxylic acids is 1. The molecule has 4 heteroatoms. The third-order valence-electron chi connectivity index (χ3n) is 3.59. The van der Waals surface area contributed by atoms with E-state index in [1.807, 2.05) is 25.1 Å². The van der Waals surface area contributed by atoms with Crippen LogP contribution in [0.25, 0.3) is 6.08 Å². The minimum atomic E-state index is -0.332. The van der Waals surface area contributed by atoms with Crippen LogP contribution in [0.3, 0.4) is 0 Å². The lowest BCUT2D eigenvalue weighted by Crippen LogP contribution is -2.25. The minimum Gasteiger partial charge on any atom is -0.370 e. The Labute approximate surface area is 113 Å². The maximum atomic E-state index is 12.1. The first kappa shape index (κ1) is 13.3. The molecule has 4 nitrogen and oxygen atoms in total. The van der Waals surface area contributed by atoms with Gasteiger partial charge in [-0.2, -0.15) is 4.99 Å². The van der Waals surface area contributed by atoms with Gasteiger partial charge in [0, 0.05) is 5.57 Å². The molecule has 0 heterocycles. The molecule has 0 aromatic heterocycles. The second kappa shape index (κ2) is 5.26. The molecular weight excluding hydrogens is 238 g/mol. The fourth-order valence-corrected chi connectivity index (χ4v) is 2.48. The zero-order valence-corrected chi connectivity index (χ0v) is 11.3. The molecule has 4 N–H and O–H groups in total. The number of rotatable bonds is 1. The topological polar surface area (TPSA) is 81.5 Å². The molecule has 1 aromatic carbocycles. The zero-order valence-electron chi connectivity index (χ0n) is 11.3. The molecular formula is C15H19N3O. The second-order valence-corrected chi connectivity index (χ2v) is 5.02. The number of nitrogens with two attached hydrogens (primary N) is 2. The van der Waals surface area contributed by atoms with Gasteiger partial charge < -0.3 is 11.5 Å². The van der Waals surface area contributed by atoms with Crippen LogP contribution in [0.4, 0.5) is 0 Å². The summed E-state index contributed by atoms with van der Waals surface area (Å²) in [6.07, 6.45) is 3.82. The Balaban J connectivity index is 2.48. The van der Waals surface area contributed by atoms with Crippen molar-refractivity contribution in [2.45, 2.75) is 26.7 Å². The number of nitrogens with zero attached hydrogens (tertiary/aromatic N) is 1. The van der Waals surface area contributed by atoms with Crippen molar-refractivity contribution in [1.29, 1.82) is 0 Å². The SMILES string of the molecule is Cc1cccc2c1CCC(C)C(C(=O)N=C(N)N)=C2. The molecule has 0 fully saturated rings. The maximum absolute atomic E-state index is 12.1. The van der Waals surface area contributed by atoms with E-state index in [0.717, 1.165) is 18.4 Å². The Morgan fingerprint density at radius 2 is 2.11 bits per heavy atom. The van der Waals surface area contributed by atoms with Crippen molar-refractivity contribution in [1.82, 2.24) is 0 Å². The van der Waals surface area contributed by atoms with Crippen LogP contribution in [0, 0.1) is 12.8 Å². The van der Waals surface area contributed by atoms with E-state index in [2.05, 4.69) is 18.0 Å². The number of amides is 1. The number of aliphatic imine (C=N–C) groups is 1. The molecule has 1 aliphatic carbocycles. The molecule has 1 aliphatic rings. The molecule has 19 heavy (non-hydrogen) atoms. The van der Waals surface area contributed by atoms with Crippen molar-refractivity contribution in [3.8, 4) is 0 Å². The quantitative estimate of drug-likeness (QED) is 0.594. The van der Waals surface area contributed by atoms with Crippen molar-refractivity contribution in [2.75, 3.05) is 0 Å². The molecule has 0 radical (unpaired) electrons. The summed E-state index contributed by atoms with van der Waals surface area (Å²) in [7, 11) is 0. The van der Waals surface area contributed by atoms with E-state index in [9.17, 15) is 4.79 Å². The van der Waals surface area contributed by atoms with Crippen LogP contribution in [0.15, 0.2) is 28.8 Å². The van der Waals surface area contributed by atoms with E-state index in [-0.39, 0.29) is 17.8 Å². The number of hydrogen-bond donors (Lipinski definition) is 2. The molecule has 1 atom stereocenters. The summed E-state index contributed by atoms with van der Waals surface area (Å²) in [5.41, 5.74) is 14.9. The standard InChI is InChI=1S/C15H19N3O/c1-9-4-3-5-11-8-13(14(19)18-15(16)17)10(2)6-7-12(9)11/h3-5,8,10H,6-7H2,1-2H3,(H4,16,17,18,19). The molecule has 100 valence electrons. The number of guanidine groups is 1. The summed E-state index contributed by atoms with van der Waals surface area (Å²) in [5.74, 6) is -0.365. The van der Waals surface area contributed by atoms with Gasteiger partial charge in [0.25, 0.3) is 5.91 Å². The highest BCUT2D eigenvalue weighted by atomic mass is 16.1. The van der Waals surface area contributed by atoms with Crippen molar-refractivity contribution in [2.24, 2.45) is 22.4 Å². The molecule has 1 amide bonds. The highest BCUT2D eigenvalue weighted by Crippen LogP contribution is 2.29. The van der Waals surface area contributed by atoms with Gasteiger partial charge in [0.1, 0.15) is 0 Å². The van der Waals surface area contributed by atoms with E-state index in [0.29, 0.717) is 5.57 Å². The van der Waals surface area contributed by atoms with Gasteiger partial charge in [-0.1, -0.05) is 25.1 Å². The lowest BCUT2D eigenvalue weighted by Gasteiger charge is -2.10. The lowest BCUT2D eigenvalue weighted by atomic mass is 9.96. The fraction of sp³-hybridized carbons (Fsp3) is 0.333. The molecule has 0 aliphatic heterocycles.